The van der Waals surface area contributed by atoms with Gasteiger partial charge in [0.1, 0.15) is 17.2 Å². The van der Waals surface area contributed by atoms with Gasteiger partial charge in [-0.15, -0.1) is 12.4 Å². The number of benzene rings is 1. The molecule has 0 aliphatic carbocycles. The van der Waals surface area contributed by atoms with Crippen molar-refractivity contribution in [2.45, 2.75) is 25.1 Å². The maximum atomic E-state index is 12.2. The summed E-state index contributed by atoms with van der Waals surface area (Å²) < 4.78 is 46.6. The van der Waals surface area contributed by atoms with E-state index < -0.39 is 18.6 Å². The number of hydrogen-bond acceptors (Lipinski definition) is 4. The van der Waals surface area contributed by atoms with E-state index in [1.165, 1.54) is 26.4 Å². The predicted octanol–water partition coefficient (Wildman–Crippen LogP) is 3.17. The minimum Gasteiger partial charge on any atom is -0.508 e. The first-order valence-corrected chi connectivity index (χ1v) is 5.55. The number of hydrogen-bond donors (Lipinski definition) is 2. The molecule has 8 heteroatoms. The number of nitrogens with two attached hydrogens (primary N) is 1. The Bertz CT molecular complexity index is 415. The summed E-state index contributed by atoms with van der Waals surface area (Å²) in [5.41, 5.74) is 6.08. The van der Waals surface area contributed by atoms with Crippen molar-refractivity contribution in [3.8, 4) is 17.2 Å². The van der Waals surface area contributed by atoms with E-state index in [2.05, 4.69) is 0 Å². The van der Waals surface area contributed by atoms with Gasteiger partial charge in [0.15, 0.2) is 0 Å². The lowest BCUT2D eigenvalue weighted by Gasteiger charge is -2.19. The summed E-state index contributed by atoms with van der Waals surface area (Å²) in [7, 11) is 2.68. The smallest absolute Gasteiger partial charge is 0.389 e. The number of phenolic OH excluding ortho intramolecular Hbond substituents is 1. The van der Waals surface area contributed by atoms with Crippen LogP contribution in [0.15, 0.2) is 12.1 Å². The number of methoxy groups -OCH3 is 2. The quantitative estimate of drug-likeness (QED) is 0.876. The molecule has 0 heterocycles. The van der Waals surface area contributed by atoms with Crippen molar-refractivity contribution < 1.29 is 27.8 Å². The molecule has 20 heavy (non-hydrogen) atoms. The Morgan fingerprint density at radius 2 is 1.65 bits per heavy atom. The molecule has 1 aromatic rings. The number of halogens is 4. The molecule has 0 aromatic heterocycles. The van der Waals surface area contributed by atoms with Crippen LogP contribution in [-0.4, -0.2) is 25.5 Å². The number of phenols is 1. The van der Waals surface area contributed by atoms with Gasteiger partial charge in [-0.2, -0.15) is 13.2 Å². The lowest BCUT2D eigenvalue weighted by atomic mass is 10.00. The Morgan fingerprint density at radius 3 is 2.00 bits per heavy atom. The SMILES string of the molecule is COc1cc(O)cc(OC)c1[C@H](N)CCC(F)(F)F.Cl. The normalized spacial score (nSPS) is 12.5. The third-order valence-electron chi connectivity index (χ3n) is 2.64. The Kier molecular flexibility index (Phi) is 6.95. The zero-order valence-electron chi connectivity index (χ0n) is 11.0. The van der Waals surface area contributed by atoms with Gasteiger partial charge >= 0.3 is 6.18 Å². The first-order valence-electron chi connectivity index (χ1n) is 5.55. The van der Waals surface area contributed by atoms with Crippen molar-refractivity contribution in [2.75, 3.05) is 14.2 Å². The minimum absolute atomic E-state index is 0. The van der Waals surface area contributed by atoms with Crippen molar-refractivity contribution in [3.63, 3.8) is 0 Å². The maximum absolute atomic E-state index is 12.2. The molecule has 0 saturated heterocycles. The second kappa shape index (κ2) is 7.44. The van der Waals surface area contributed by atoms with Crippen molar-refractivity contribution in [1.29, 1.82) is 0 Å². The van der Waals surface area contributed by atoms with Gasteiger partial charge in [0.25, 0.3) is 0 Å². The number of aromatic hydroxyl groups is 1. The van der Waals surface area contributed by atoms with Gasteiger partial charge in [-0.3, -0.25) is 0 Å². The highest BCUT2D eigenvalue weighted by Gasteiger charge is 2.29. The fraction of sp³-hybridized carbons (Fsp3) is 0.500. The average molecular weight is 316 g/mol. The van der Waals surface area contributed by atoms with Crippen LogP contribution >= 0.6 is 12.4 Å². The molecule has 0 unspecified atom stereocenters. The minimum atomic E-state index is -4.27. The van der Waals surface area contributed by atoms with Crippen molar-refractivity contribution in [1.82, 2.24) is 0 Å². The molecule has 0 aliphatic heterocycles. The molecule has 4 nitrogen and oxygen atoms in total. The molecule has 0 bridgehead atoms. The van der Waals surface area contributed by atoms with Crippen molar-refractivity contribution in [2.24, 2.45) is 5.73 Å². The van der Waals surface area contributed by atoms with E-state index in [1.54, 1.807) is 0 Å². The molecule has 1 aromatic carbocycles. The van der Waals surface area contributed by atoms with Crippen molar-refractivity contribution >= 4 is 12.4 Å². The van der Waals surface area contributed by atoms with Gasteiger partial charge in [-0.05, 0) is 6.42 Å². The molecule has 0 spiro atoms. The zero-order chi connectivity index (χ0) is 14.6. The lowest BCUT2D eigenvalue weighted by molar-refractivity contribution is -0.136. The largest absolute Gasteiger partial charge is 0.508 e. The van der Waals surface area contributed by atoms with Gasteiger partial charge in [0.05, 0.1) is 19.8 Å². The van der Waals surface area contributed by atoms with Crippen LogP contribution in [0.1, 0.15) is 24.4 Å². The van der Waals surface area contributed by atoms with E-state index in [1.807, 2.05) is 0 Å². The fourth-order valence-corrected chi connectivity index (χ4v) is 1.75. The number of ether oxygens (including phenoxy) is 2. The summed E-state index contributed by atoms with van der Waals surface area (Å²) in [6.45, 7) is 0. The van der Waals surface area contributed by atoms with Gasteiger partial charge in [-0.1, -0.05) is 0 Å². The van der Waals surface area contributed by atoms with Crippen molar-refractivity contribution in [3.05, 3.63) is 17.7 Å². The average Bonchev–Trinajstić information content (AvgIpc) is 2.33. The summed E-state index contributed by atoms with van der Waals surface area (Å²) in [5.74, 6) is 0.290. The number of alkyl halides is 3. The standard InChI is InChI=1S/C12H16F3NO3.ClH/c1-18-9-5-7(17)6-10(19-2)11(9)8(16)3-4-12(13,14)15;/h5-6,8,17H,3-4,16H2,1-2H3;1H/t8-;/m1./s1. The van der Waals surface area contributed by atoms with Gasteiger partial charge in [0.2, 0.25) is 0 Å². The third-order valence-corrected chi connectivity index (χ3v) is 2.64. The summed E-state index contributed by atoms with van der Waals surface area (Å²) >= 11 is 0. The molecule has 0 radical (unpaired) electrons. The highest BCUT2D eigenvalue weighted by molar-refractivity contribution is 5.85. The maximum Gasteiger partial charge on any atom is 0.389 e. The molecule has 0 aliphatic rings. The molecule has 1 rings (SSSR count). The lowest BCUT2D eigenvalue weighted by Crippen LogP contribution is -2.17. The monoisotopic (exact) mass is 315 g/mol. The molecule has 0 amide bonds. The highest BCUT2D eigenvalue weighted by atomic mass is 35.5. The summed E-state index contributed by atoms with van der Waals surface area (Å²) in [6, 6.07) is 1.67. The molecule has 0 saturated carbocycles. The van der Waals surface area contributed by atoms with Crippen LogP contribution in [0, 0.1) is 0 Å². The first kappa shape index (κ1) is 18.7. The second-order valence-corrected chi connectivity index (χ2v) is 4.02. The Hall–Kier alpha value is -1.34. The van der Waals surface area contributed by atoms with Crippen LogP contribution in [0.2, 0.25) is 0 Å². The van der Waals surface area contributed by atoms with Crippen LogP contribution in [0.25, 0.3) is 0 Å². The topological polar surface area (TPSA) is 64.7 Å². The van der Waals surface area contributed by atoms with E-state index in [9.17, 15) is 18.3 Å². The predicted molar refractivity (Wildman–Crippen MR) is 70.7 cm³/mol. The third kappa shape index (κ3) is 4.97. The molecular weight excluding hydrogens is 299 g/mol. The Labute approximate surface area is 121 Å². The first-order chi connectivity index (χ1) is 8.78. The Morgan fingerprint density at radius 1 is 1.20 bits per heavy atom. The van der Waals surface area contributed by atoms with Crippen LogP contribution in [0.3, 0.4) is 0 Å². The number of rotatable bonds is 5. The molecular formula is C12H17ClF3NO3. The van der Waals surface area contributed by atoms with Crippen LogP contribution < -0.4 is 15.2 Å². The fourth-order valence-electron chi connectivity index (χ4n) is 1.75. The van der Waals surface area contributed by atoms with E-state index in [-0.39, 0.29) is 36.1 Å². The van der Waals surface area contributed by atoms with Gasteiger partial charge < -0.3 is 20.3 Å². The zero-order valence-corrected chi connectivity index (χ0v) is 11.8. The van der Waals surface area contributed by atoms with Crippen LogP contribution in [-0.2, 0) is 0 Å². The molecule has 0 fully saturated rings. The second-order valence-electron chi connectivity index (χ2n) is 4.02. The molecule has 1 atom stereocenters. The summed E-state index contributed by atoms with van der Waals surface area (Å²) in [5, 5.41) is 9.44. The van der Waals surface area contributed by atoms with Gasteiger partial charge in [-0.25, -0.2) is 0 Å². The highest BCUT2D eigenvalue weighted by Crippen LogP contribution is 2.39. The van der Waals surface area contributed by atoms with Gasteiger partial charge in [0, 0.05) is 24.6 Å². The van der Waals surface area contributed by atoms with E-state index in [4.69, 9.17) is 15.2 Å². The summed E-state index contributed by atoms with van der Waals surface area (Å²) in [4.78, 5) is 0. The van der Waals surface area contributed by atoms with E-state index in [0.717, 1.165) is 0 Å². The summed E-state index contributed by atoms with van der Waals surface area (Å²) in [6.07, 6.45) is -5.56. The molecule has 3 N–H and O–H groups in total. The van der Waals surface area contributed by atoms with Crippen LogP contribution in [0.4, 0.5) is 13.2 Å². The Balaban J connectivity index is 0.00000361. The van der Waals surface area contributed by atoms with E-state index in [0.29, 0.717) is 5.56 Å². The molecule has 116 valence electrons. The van der Waals surface area contributed by atoms with E-state index >= 15 is 0 Å². The van der Waals surface area contributed by atoms with Crippen LogP contribution in [0.5, 0.6) is 17.2 Å².